The van der Waals surface area contributed by atoms with Crippen LogP contribution in [-0.2, 0) is 11.2 Å². The maximum Gasteiger partial charge on any atom is 1.00 e. The standard InChI is InChI=1S/C32H37NO3S.Li/c1-22-8-6-7-11-27(22)29-21-24(14-17-28(29)31(34)33-30(32(35)36)18-19-37-2)20-23-12-15-26(16-13-23)25-9-4-3-5-10-25;/h3-11,14,17,21,23,26,30H,12-13,15-16,18-20H2,1-2H3,(H,33,34)(H,35,36);/q;+1. The summed E-state index contributed by atoms with van der Waals surface area (Å²) in [6.45, 7) is 2.05. The van der Waals surface area contributed by atoms with Crippen LogP contribution in [0, 0.1) is 12.8 Å². The van der Waals surface area contributed by atoms with Gasteiger partial charge in [0.2, 0.25) is 0 Å². The van der Waals surface area contributed by atoms with Crippen LogP contribution in [0.2, 0.25) is 0 Å². The zero-order valence-corrected chi connectivity index (χ0v) is 23.6. The van der Waals surface area contributed by atoms with Crippen LogP contribution in [-0.4, -0.2) is 35.0 Å². The number of benzene rings is 3. The minimum Gasteiger partial charge on any atom is -0.480 e. The number of carbonyl (C=O) groups is 2. The van der Waals surface area contributed by atoms with Crippen molar-refractivity contribution in [1.29, 1.82) is 0 Å². The van der Waals surface area contributed by atoms with Gasteiger partial charge >= 0.3 is 24.8 Å². The smallest absolute Gasteiger partial charge is 0.480 e. The molecule has 6 heteroatoms. The van der Waals surface area contributed by atoms with E-state index in [-0.39, 0.29) is 24.8 Å². The Morgan fingerprint density at radius 3 is 2.29 bits per heavy atom. The van der Waals surface area contributed by atoms with Gasteiger partial charge < -0.3 is 10.4 Å². The van der Waals surface area contributed by atoms with Gasteiger partial charge in [0.15, 0.2) is 0 Å². The second-order valence-electron chi connectivity index (χ2n) is 10.2. The zero-order valence-electron chi connectivity index (χ0n) is 22.8. The van der Waals surface area contributed by atoms with E-state index in [0.29, 0.717) is 29.6 Å². The molecule has 2 N–H and O–H groups in total. The van der Waals surface area contributed by atoms with Crippen LogP contribution in [0.4, 0.5) is 0 Å². The van der Waals surface area contributed by atoms with Crippen molar-refractivity contribution in [2.45, 2.75) is 57.4 Å². The van der Waals surface area contributed by atoms with E-state index in [9.17, 15) is 14.7 Å². The van der Waals surface area contributed by atoms with E-state index < -0.39 is 12.0 Å². The molecular formula is C32H37LiNO3S+. The van der Waals surface area contributed by atoms with E-state index in [4.69, 9.17) is 0 Å². The number of amides is 1. The van der Waals surface area contributed by atoms with Crippen molar-refractivity contribution in [3.63, 3.8) is 0 Å². The van der Waals surface area contributed by atoms with Crippen LogP contribution >= 0.6 is 11.8 Å². The van der Waals surface area contributed by atoms with Crippen molar-refractivity contribution in [2.24, 2.45) is 5.92 Å². The Hall–Kier alpha value is -2.45. The van der Waals surface area contributed by atoms with Gasteiger partial charge in [-0.1, -0.05) is 66.7 Å². The molecule has 1 aliphatic carbocycles. The molecule has 0 radical (unpaired) electrons. The van der Waals surface area contributed by atoms with E-state index in [1.807, 2.05) is 43.5 Å². The predicted molar refractivity (Wildman–Crippen MR) is 153 cm³/mol. The molecule has 38 heavy (non-hydrogen) atoms. The molecule has 1 amide bonds. The Labute approximate surface area is 243 Å². The Kier molecular flexibility index (Phi) is 11.6. The fourth-order valence-electron chi connectivity index (χ4n) is 5.50. The summed E-state index contributed by atoms with van der Waals surface area (Å²) in [6.07, 6.45) is 8.16. The van der Waals surface area contributed by atoms with E-state index in [1.54, 1.807) is 11.8 Å². The van der Waals surface area contributed by atoms with Gasteiger partial charge in [0.05, 0.1) is 0 Å². The monoisotopic (exact) mass is 522 g/mol. The van der Waals surface area contributed by atoms with Crippen LogP contribution in [0.5, 0.6) is 0 Å². The number of carbonyl (C=O) groups excluding carboxylic acids is 1. The van der Waals surface area contributed by atoms with Crippen LogP contribution < -0.4 is 24.2 Å². The molecule has 1 atom stereocenters. The first-order chi connectivity index (χ1) is 18.0. The zero-order chi connectivity index (χ0) is 26.2. The Morgan fingerprint density at radius 1 is 0.947 bits per heavy atom. The van der Waals surface area contributed by atoms with Gasteiger partial charge in [-0.15, -0.1) is 0 Å². The average molecular weight is 523 g/mol. The molecule has 0 heterocycles. The summed E-state index contributed by atoms with van der Waals surface area (Å²) in [5.41, 5.74) is 6.19. The van der Waals surface area contributed by atoms with Gasteiger partial charge in [0.1, 0.15) is 6.04 Å². The van der Waals surface area contributed by atoms with E-state index in [0.717, 1.165) is 23.1 Å². The summed E-state index contributed by atoms with van der Waals surface area (Å²) in [6, 6.07) is 24.1. The minimum absolute atomic E-state index is 0. The molecule has 4 nitrogen and oxygen atoms in total. The molecule has 0 aromatic heterocycles. The second kappa shape index (κ2) is 14.6. The third-order valence-electron chi connectivity index (χ3n) is 7.62. The van der Waals surface area contributed by atoms with Crippen molar-refractivity contribution in [3.8, 4) is 11.1 Å². The fraction of sp³-hybridized carbons (Fsp3) is 0.375. The molecule has 3 aromatic carbocycles. The first-order valence-corrected chi connectivity index (χ1v) is 14.6. The molecule has 1 fully saturated rings. The maximum atomic E-state index is 13.3. The van der Waals surface area contributed by atoms with Crippen molar-refractivity contribution in [1.82, 2.24) is 5.32 Å². The van der Waals surface area contributed by atoms with Crippen LogP contribution in [0.25, 0.3) is 11.1 Å². The summed E-state index contributed by atoms with van der Waals surface area (Å²) in [5.74, 6) is 0.628. The SMILES string of the molecule is CSCCC(NC(=O)c1ccc(CC2CCC(c3ccccc3)CC2)cc1-c1ccccc1C)C(=O)O.[Li+]. The quantitative estimate of drug-likeness (QED) is 0.393. The molecule has 1 saturated carbocycles. The summed E-state index contributed by atoms with van der Waals surface area (Å²) < 4.78 is 0. The third kappa shape index (κ3) is 7.79. The first-order valence-electron chi connectivity index (χ1n) is 13.2. The molecule has 0 spiro atoms. The minimum atomic E-state index is -0.998. The van der Waals surface area contributed by atoms with Crippen LogP contribution in [0.3, 0.4) is 0 Å². The number of aliphatic carboxylic acids is 1. The topological polar surface area (TPSA) is 66.4 Å². The molecule has 0 bridgehead atoms. The molecular weight excluding hydrogens is 485 g/mol. The van der Waals surface area contributed by atoms with Crippen molar-refractivity contribution >= 4 is 23.6 Å². The Balaban J connectivity index is 0.00000400. The largest absolute Gasteiger partial charge is 1.00 e. The molecule has 194 valence electrons. The maximum absolute atomic E-state index is 13.3. The second-order valence-corrected chi connectivity index (χ2v) is 11.2. The van der Waals surface area contributed by atoms with Gasteiger partial charge in [-0.25, -0.2) is 4.79 Å². The molecule has 3 aromatic rings. The molecule has 4 rings (SSSR count). The van der Waals surface area contributed by atoms with Crippen LogP contribution in [0.1, 0.15) is 65.1 Å². The predicted octanol–water partition coefficient (Wildman–Crippen LogP) is 4.12. The number of aryl methyl sites for hydroxylation is 1. The number of hydrogen-bond acceptors (Lipinski definition) is 3. The van der Waals surface area contributed by atoms with E-state index >= 15 is 0 Å². The van der Waals surface area contributed by atoms with E-state index in [1.165, 1.54) is 36.8 Å². The molecule has 0 aliphatic heterocycles. The van der Waals surface area contributed by atoms with E-state index in [2.05, 4.69) is 47.8 Å². The normalized spacial score (nSPS) is 17.7. The van der Waals surface area contributed by atoms with Gasteiger partial charge in [0.25, 0.3) is 5.91 Å². The fourth-order valence-corrected chi connectivity index (χ4v) is 5.97. The number of hydrogen-bond donors (Lipinski definition) is 2. The summed E-state index contributed by atoms with van der Waals surface area (Å²) in [7, 11) is 0. The average Bonchev–Trinajstić information content (AvgIpc) is 2.92. The Bertz CT molecular complexity index is 1210. The molecule has 1 unspecified atom stereocenters. The molecule has 1 aliphatic rings. The van der Waals surface area contributed by atoms with Gasteiger partial charge in [-0.2, -0.15) is 11.8 Å². The van der Waals surface area contributed by atoms with Crippen molar-refractivity contribution < 1.29 is 33.6 Å². The first kappa shape index (κ1) is 30.1. The number of carboxylic acids is 1. The number of nitrogens with one attached hydrogen (secondary N) is 1. The summed E-state index contributed by atoms with van der Waals surface area (Å²) in [4.78, 5) is 25.1. The number of thioether (sulfide) groups is 1. The summed E-state index contributed by atoms with van der Waals surface area (Å²) >= 11 is 1.57. The number of carboxylic acid groups (broad SMARTS) is 1. The van der Waals surface area contributed by atoms with Crippen molar-refractivity contribution in [3.05, 3.63) is 95.1 Å². The third-order valence-corrected chi connectivity index (χ3v) is 8.26. The number of rotatable bonds is 10. The van der Waals surface area contributed by atoms with Crippen molar-refractivity contribution in [2.75, 3.05) is 12.0 Å². The molecule has 0 saturated heterocycles. The van der Waals surface area contributed by atoms with Gasteiger partial charge in [-0.05, 0) is 103 Å². The Morgan fingerprint density at radius 2 is 1.63 bits per heavy atom. The van der Waals surface area contributed by atoms with Gasteiger partial charge in [0, 0.05) is 5.56 Å². The van der Waals surface area contributed by atoms with Crippen LogP contribution in [0.15, 0.2) is 72.8 Å². The summed E-state index contributed by atoms with van der Waals surface area (Å²) in [5, 5.41) is 12.4. The van der Waals surface area contributed by atoms with Gasteiger partial charge in [-0.3, -0.25) is 4.79 Å².